The molecule has 1 aliphatic heterocycles. The van der Waals surface area contributed by atoms with Gasteiger partial charge in [-0.2, -0.15) is 0 Å². The number of nitrogens with zero attached hydrogens (tertiary/aromatic N) is 2. The Morgan fingerprint density at radius 1 is 1.41 bits per heavy atom. The molecule has 0 aliphatic carbocycles. The molecule has 94 valence electrons. The lowest BCUT2D eigenvalue weighted by Crippen LogP contribution is -2.28. The molecule has 1 aliphatic rings. The number of hydrogen-bond donors (Lipinski definition) is 1. The van der Waals surface area contributed by atoms with E-state index in [1.54, 1.807) is 6.20 Å². The third-order valence-electron chi connectivity index (χ3n) is 3.06. The van der Waals surface area contributed by atoms with Gasteiger partial charge in [-0.1, -0.05) is 0 Å². The summed E-state index contributed by atoms with van der Waals surface area (Å²) in [4.78, 5) is 7.91. The molecule has 0 bridgehead atoms. The number of halogens is 1. The van der Waals surface area contributed by atoms with Crippen LogP contribution < -0.4 is 5.32 Å². The Kier molecular flexibility index (Phi) is 5.16. The molecule has 0 atom stereocenters. The lowest BCUT2D eigenvalue weighted by atomic mass is 9.95. The van der Waals surface area contributed by atoms with Gasteiger partial charge in [-0.15, -0.1) is 0 Å². The van der Waals surface area contributed by atoms with E-state index >= 15 is 0 Å². The van der Waals surface area contributed by atoms with E-state index in [1.807, 2.05) is 6.07 Å². The van der Waals surface area contributed by atoms with Crippen LogP contribution in [0.5, 0.6) is 0 Å². The second-order valence-electron chi connectivity index (χ2n) is 4.35. The van der Waals surface area contributed by atoms with Crippen LogP contribution in [0.15, 0.2) is 12.3 Å². The van der Waals surface area contributed by atoms with E-state index in [0.717, 1.165) is 37.7 Å². The van der Waals surface area contributed by atoms with Gasteiger partial charge in [-0.05, 0) is 55.9 Å². The van der Waals surface area contributed by atoms with Gasteiger partial charge in [0.25, 0.3) is 0 Å². The Morgan fingerprint density at radius 2 is 2.24 bits per heavy atom. The zero-order valence-electron chi connectivity index (χ0n) is 9.86. The minimum atomic E-state index is 0.282. The highest BCUT2D eigenvalue weighted by Gasteiger charge is 2.12. The second kappa shape index (κ2) is 6.89. The summed E-state index contributed by atoms with van der Waals surface area (Å²) in [5.41, 5.74) is 0.843. The fourth-order valence-corrected chi connectivity index (χ4v) is 2.21. The fourth-order valence-electron chi connectivity index (χ4n) is 2.05. The predicted octanol–water partition coefficient (Wildman–Crippen LogP) is 2.04. The first-order chi connectivity index (χ1) is 8.34. The van der Waals surface area contributed by atoms with Crippen molar-refractivity contribution >= 4 is 11.6 Å². The molecule has 4 nitrogen and oxygen atoms in total. The molecule has 2 rings (SSSR count). The van der Waals surface area contributed by atoms with Gasteiger partial charge >= 0.3 is 0 Å². The van der Waals surface area contributed by atoms with Crippen LogP contribution in [0.4, 0.5) is 0 Å². The summed E-state index contributed by atoms with van der Waals surface area (Å²) in [6.07, 6.45) is 5.33. The van der Waals surface area contributed by atoms with Gasteiger partial charge in [0.15, 0.2) is 0 Å². The van der Waals surface area contributed by atoms with Gasteiger partial charge in [0.1, 0.15) is 0 Å². The van der Waals surface area contributed by atoms with Gasteiger partial charge in [-0.25, -0.2) is 9.97 Å². The molecular formula is C12H18ClN3O. The summed E-state index contributed by atoms with van der Waals surface area (Å²) in [5, 5.41) is 3.65. The Bertz CT molecular complexity index is 342. The molecule has 0 unspecified atom stereocenters. The third-order valence-corrected chi connectivity index (χ3v) is 3.25. The predicted molar refractivity (Wildman–Crippen MR) is 66.9 cm³/mol. The standard InChI is InChI=1S/C12H18ClN3O/c13-12-15-7-3-11(16-12)9-17-8-4-10-1-5-14-6-2-10/h3,7,10,14H,1-2,4-6,8-9H2. The van der Waals surface area contributed by atoms with Crippen molar-refractivity contribution in [2.24, 2.45) is 5.92 Å². The molecule has 17 heavy (non-hydrogen) atoms. The normalized spacial score (nSPS) is 17.2. The minimum absolute atomic E-state index is 0.282. The molecule has 0 radical (unpaired) electrons. The van der Waals surface area contributed by atoms with Crippen molar-refractivity contribution in [3.63, 3.8) is 0 Å². The number of aromatic nitrogens is 2. The first-order valence-electron chi connectivity index (χ1n) is 6.10. The highest BCUT2D eigenvalue weighted by atomic mass is 35.5. The first-order valence-corrected chi connectivity index (χ1v) is 6.48. The summed E-state index contributed by atoms with van der Waals surface area (Å²) in [7, 11) is 0. The summed E-state index contributed by atoms with van der Waals surface area (Å²) >= 11 is 5.69. The lowest BCUT2D eigenvalue weighted by molar-refractivity contribution is 0.100. The largest absolute Gasteiger partial charge is 0.375 e. The van der Waals surface area contributed by atoms with Crippen molar-refractivity contribution in [3.05, 3.63) is 23.2 Å². The van der Waals surface area contributed by atoms with E-state index in [9.17, 15) is 0 Å². The maximum Gasteiger partial charge on any atom is 0.222 e. The smallest absolute Gasteiger partial charge is 0.222 e. The minimum Gasteiger partial charge on any atom is -0.375 e. The van der Waals surface area contributed by atoms with Gasteiger partial charge in [0.05, 0.1) is 12.3 Å². The maximum absolute atomic E-state index is 5.69. The van der Waals surface area contributed by atoms with E-state index in [4.69, 9.17) is 16.3 Å². The van der Waals surface area contributed by atoms with Crippen LogP contribution in [0.2, 0.25) is 5.28 Å². The van der Waals surface area contributed by atoms with Crippen LogP contribution in [0, 0.1) is 5.92 Å². The van der Waals surface area contributed by atoms with E-state index < -0.39 is 0 Å². The van der Waals surface area contributed by atoms with E-state index in [-0.39, 0.29) is 5.28 Å². The molecule has 1 fully saturated rings. The molecule has 5 heteroatoms. The topological polar surface area (TPSA) is 47.0 Å². The van der Waals surface area contributed by atoms with Crippen molar-refractivity contribution in [1.82, 2.24) is 15.3 Å². The van der Waals surface area contributed by atoms with Gasteiger partial charge < -0.3 is 10.1 Å². The summed E-state index contributed by atoms with van der Waals surface area (Å²) in [5.74, 6) is 0.810. The van der Waals surface area contributed by atoms with Crippen molar-refractivity contribution < 1.29 is 4.74 Å². The van der Waals surface area contributed by atoms with Crippen molar-refractivity contribution in [3.8, 4) is 0 Å². The summed E-state index contributed by atoms with van der Waals surface area (Å²) in [6, 6.07) is 1.83. The molecular weight excluding hydrogens is 238 g/mol. The van der Waals surface area contributed by atoms with Gasteiger partial charge in [-0.3, -0.25) is 0 Å². The van der Waals surface area contributed by atoms with Crippen LogP contribution in [0.1, 0.15) is 25.0 Å². The van der Waals surface area contributed by atoms with E-state index in [1.165, 1.54) is 12.8 Å². The molecule has 1 saturated heterocycles. The van der Waals surface area contributed by atoms with Crippen LogP contribution in [-0.2, 0) is 11.3 Å². The second-order valence-corrected chi connectivity index (χ2v) is 4.69. The Labute approximate surface area is 107 Å². The molecule has 0 amide bonds. The SMILES string of the molecule is Clc1nccc(COCCC2CCNCC2)n1. The number of ether oxygens (including phenoxy) is 1. The zero-order valence-corrected chi connectivity index (χ0v) is 10.6. The Hall–Kier alpha value is -0.710. The fraction of sp³-hybridized carbons (Fsp3) is 0.667. The van der Waals surface area contributed by atoms with Crippen molar-refractivity contribution in [1.29, 1.82) is 0 Å². The quantitative estimate of drug-likeness (QED) is 0.646. The number of rotatable bonds is 5. The van der Waals surface area contributed by atoms with E-state index in [0.29, 0.717) is 6.61 Å². The Balaban J connectivity index is 1.62. The highest BCUT2D eigenvalue weighted by Crippen LogP contribution is 2.15. The lowest BCUT2D eigenvalue weighted by Gasteiger charge is -2.22. The van der Waals surface area contributed by atoms with Crippen LogP contribution >= 0.6 is 11.6 Å². The summed E-state index contributed by atoms with van der Waals surface area (Å²) in [6.45, 7) is 3.61. The van der Waals surface area contributed by atoms with Crippen molar-refractivity contribution in [2.45, 2.75) is 25.9 Å². The molecule has 0 saturated carbocycles. The van der Waals surface area contributed by atoms with Crippen molar-refractivity contribution in [2.75, 3.05) is 19.7 Å². The van der Waals surface area contributed by atoms with Crippen LogP contribution in [0.3, 0.4) is 0 Å². The average Bonchev–Trinajstić information content (AvgIpc) is 2.36. The molecule has 1 aromatic heterocycles. The van der Waals surface area contributed by atoms with E-state index in [2.05, 4.69) is 15.3 Å². The molecule has 1 aromatic rings. The number of nitrogens with one attached hydrogen (secondary N) is 1. The molecule has 2 heterocycles. The monoisotopic (exact) mass is 255 g/mol. The van der Waals surface area contributed by atoms with Crippen LogP contribution in [-0.4, -0.2) is 29.7 Å². The number of piperidine rings is 1. The van der Waals surface area contributed by atoms with Gasteiger partial charge in [0, 0.05) is 12.8 Å². The Morgan fingerprint density at radius 3 is 3.00 bits per heavy atom. The number of hydrogen-bond acceptors (Lipinski definition) is 4. The maximum atomic E-state index is 5.69. The zero-order chi connectivity index (χ0) is 11.9. The average molecular weight is 256 g/mol. The van der Waals surface area contributed by atoms with Gasteiger partial charge in [0.2, 0.25) is 5.28 Å². The molecule has 1 N–H and O–H groups in total. The summed E-state index contributed by atoms with van der Waals surface area (Å²) < 4.78 is 5.61. The van der Waals surface area contributed by atoms with Crippen LogP contribution in [0.25, 0.3) is 0 Å². The molecule has 0 spiro atoms. The molecule has 0 aromatic carbocycles. The highest BCUT2D eigenvalue weighted by molar-refractivity contribution is 6.28. The first kappa shape index (κ1) is 12.7. The third kappa shape index (κ3) is 4.58.